The lowest BCUT2D eigenvalue weighted by atomic mass is 10.1. The zero-order valence-corrected chi connectivity index (χ0v) is 18.3. The van der Waals surface area contributed by atoms with Gasteiger partial charge in [0.1, 0.15) is 0 Å². The van der Waals surface area contributed by atoms with Crippen LogP contribution in [0.2, 0.25) is 0 Å². The number of amides is 1. The van der Waals surface area contributed by atoms with Crippen molar-refractivity contribution in [2.45, 2.75) is 33.8 Å². The lowest BCUT2D eigenvalue weighted by molar-refractivity contribution is -0.892. The normalized spacial score (nSPS) is 14.6. The zero-order chi connectivity index (χ0) is 21.7. The van der Waals surface area contributed by atoms with Gasteiger partial charge >= 0.3 is 5.97 Å². The summed E-state index contributed by atoms with van der Waals surface area (Å²) < 4.78 is 5.18. The van der Waals surface area contributed by atoms with E-state index >= 15 is 0 Å². The van der Waals surface area contributed by atoms with Crippen molar-refractivity contribution < 1.29 is 19.2 Å². The first-order valence-corrected chi connectivity index (χ1v) is 10.6. The molecule has 1 heterocycles. The van der Waals surface area contributed by atoms with Gasteiger partial charge in [0.2, 0.25) is 0 Å². The minimum absolute atomic E-state index is 0.0114. The molecule has 0 aliphatic carbocycles. The molecule has 0 atom stereocenters. The molecule has 0 aromatic heterocycles. The molecule has 1 fully saturated rings. The van der Waals surface area contributed by atoms with Crippen LogP contribution in [0.5, 0.6) is 0 Å². The molecular weight excluding hydrogens is 378 g/mol. The molecule has 30 heavy (non-hydrogen) atoms. The van der Waals surface area contributed by atoms with Crippen molar-refractivity contribution in [3.8, 4) is 0 Å². The van der Waals surface area contributed by atoms with E-state index in [4.69, 9.17) is 4.74 Å². The van der Waals surface area contributed by atoms with Crippen LogP contribution in [0.3, 0.4) is 0 Å². The van der Waals surface area contributed by atoms with E-state index in [1.165, 1.54) is 21.7 Å². The molecule has 6 heteroatoms. The monoisotopic (exact) mass is 410 g/mol. The number of carbonyl (C=O) groups is 2. The third kappa shape index (κ3) is 5.60. The molecule has 2 N–H and O–H groups in total. The van der Waals surface area contributed by atoms with Gasteiger partial charge in [0, 0.05) is 11.4 Å². The zero-order valence-electron chi connectivity index (χ0n) is 18.3. The molecule has 2 aromatic rings. The number of ether oxygens (including phenoxy) is 1. The molecule has 0 unspecified atom stereocenters. The molecule has 0 saturated carbocycles. The topological polar surface area (TPSA) is 63.1 Å². The predicted octanol–water partition coefficient (Wildman–Crippen LogP) is 2.21. The first kappa shape index (κ1) is 21.8. The standard InChI is InChI=1S/C24H31N3O3/c1-17(2)30-24(29)20-8-10-21(11-9-20)25-23(28)16-26-12-14-27(15-13-26)22-7-5-6-18(3)19(22)4/h5-11,17H,12-16H2,1-4H3,(H,25,28)/p+1. The fourth-order valence-corrected chi connectivity index (χ4v) is 3.72. The van der Waals surface area contributed by atoms with Crippen molar-refractivity contribution in [1.29, 1.82) is 0 Å². The van der Waals surface area contributed by atoms with Crippen LogP contribution in [-0.4, -0.2) is 50.7 Å². The summed E-state index contributed by atoms with van der Waals surface area (Å²) in [5.41, 5.74) is 5.11. The van der Waals surface area contributed by atoms with Crippen LogP contribution in [0.15, 0.2) is 42.5 Å². The second-order valence-electron chi connectivity index (χ2n) is 8.21. The summed E-state index contributed by atoms with van der Waals surface area (Å²) in [7, 11) is 0. The highest BCUT2D eigenvalue weighted by Crippen LogP contribution is 2.22. The Morgan fingerprint density at radius 1 is 1.07 bits per heavy atom. The predicted molar refractivity (Wildman–Crippen MR) is 119 cm³/mol. The number of esters is 1. The van der Waals surface area contributed by atoms with Crippen LogP contribution >= 0.6 is 0 Å². The Balaban J connectivity index is 1.48. The largest absolute Gasteiger partial charge is 0.459 e. The Bertz CT molecular complexity index is 885. The van der Waals surface area contributed by atoms with E-state index in [9.17, 15) is 9.59 Å². The fourth-order valence-electron chi connectivity index (χ4n) is 3.72. The molecule has 1 saturated heterocycles. The number of hydrogen-bond donors (Lipinski definition) is 2. The molecule has 0 spiro atoms. The van der Waals surface area contributed by atoms with Crippen molar-refractivity contribution in [1.82, 2.24) is 0 Å². The summed E-state index contributed by atoms with van der Waals surface area (Å²) >= 11 is 0. The number of benzene rings is 2. The molecule has 160 valence electrons. The highest BCUT2D eigenvalue weighted by molar-refractivity contribution is 5.93. The first-order chi connectivity index (χ1) is 14.3. The Morgan fingerprint density at radius 3 is 2.37 bits per heavy atom. The number of piperazine rings is 1. The fraction of sp³-hybridized carbons (Fsp3) is 0.417. The Hall–Kier alpha value is -2.86. The Morgan fingerprint density at radius 2 is 1.73 bits per heavy atom. The molecular formula is C24H32N3O3+. The van der Waals surface area contributed by atoms with Crippen LogP contribution in [0, 0.1) is 13.8 Å². The van der Waals surface area contributed by atoms with Crippen molar-refractivity contribution in [2.75, 3.05) is 42.9 Å². The summed E-state index contributed by atoms with van der Waals surface area (Å²) in [5.74, 6) is -0.364. The van der Waals surface area contributed by atoms with Crippen LogP contribution < -0.4 is 15.1 Å². The number of anilines is 2. The molecule has 1 amide bonds. The molecule has 3 rings (SSSR count). The number of quaternary nitrogens is 1. The van der Waals surface area contributed by atoms with E-state index < -0.39 is 0 Å². The number of nitrogens with zero attached hydrogens (tertiary/aromatic N) is 1. The quantitative estimate of drug-likeness (QED) is 0.717. The van der Waals surface area contributed by atoms with E-state index in [1.54, 1.807) is 24.3 Å². The highest BCUT2D eigenvalue weighted by Gasteiger charge is 2.23. The number of rotatable bonds is 6. The maximum atomic E-state index is 12.5. The second-order valence-corrected chi connectivity index (χ2v) is 8.21. The van der Waals surface area contributed by atoms with Gasteiger partial charge in [-0.3, -0.25) is 4.79 Å². The van der Waals surface area contributed by atoms with Gasteiger partial charge in [0.25, 0.3) is 5.91 Å². The molecule has 0 bridgehead atoms. The van der Waals surface area contributed by atoms with Gasteiger partial charge in [0.15, 0.2) is 6.54 Å². The third-order valence-electron chi connectivity index (χ3n) is 5.54. The van der Waals surface area contributed by atoms with Crippen LogP contribution in [0.1, 0.15) is 35.3 Å². The van der Waals surface area contributed by atoms with Crippen molar-refractivity contribution in [2.24, 2.45) is 0 Å². The number of carbonyl (C=O) groups excluding carboxylic acids is 2. The van der Waals surface area contributed by atoms with Crippen LogP contribution in [0.4, 0.5) is 11.4 Å². The van der Waals surface area contributed by atoms with E-state index in [0.717, 1.165) is 26.2 Å². The van der Waals surface area contributed by atoms with Crippen molar-refractivity contribution >= 4 is 23.3 Å². The van der Waals surface area contributed by atoms with E-state index in [0.29, 0.717) is 17.8 Å². The average molecular weight is 411 g/mol. The number of hydrogen-bond acceptors (Lipinski definition) is 4. The summed E-state index contributed by atoms with van der Waals surface area (Å²) in [4.78, 5) is 28.1. The third-order valence-corrected chi connectivity index (χ3v) is 5.54. The highest BCUT2D eigenvalue weighted by atomic mass is 16.5. The Labute approximate surface area is 178 Å². The van der Waals surface area contributed by atoms with E-state index in [2.05, 4.69) is 42.3 Å². The van der Waals surface area contributed by atoms with Gasteiger partial charge in [0.05, 0.1) is 37.8 Å². The lowest BCUT2D eigenvalue weighted by Crippen LogP contribution is -3.15. The van der Waals surface area contributed by atoms with Crippen LogP contribution in [0.25, 0.3) is 0 Å². The van der Waals surface area contributed by atoms with E-state index in [1.807, 2.05) is 13.8 Å². The molecule has 2 aromatic carbocycles. The average Bonchev–Trinajstić information content (AvgIpc) is 2.71. The van der Waals surface area contributed by atoms with Gasteiger partial charge in [-0.1, -0.05) is 12.1 Å². The van der Waals surface area contributed by atoms with Gasteiger partial charge in [-0.05, 0) is 69.2 Å². The first-order valence-electron chi connectivity index (χ1n) is 10.6. The minimum atomic E-state index is -0.353. The molecule has 6 nitrogen and oxygen atoms in total. The SMILES string of the molecule is Cc1cccc(N2CC[NH+](CC(=O)Nc3ccc(C(=O)OC(C)C)cc3)CC2)c1C. The molecule has 1 aliphatic rings. The maximum absolute atomic E-state index is 12.5. The van der Waals surface area contributed by atoms with Gasteiger partial charge in [-0.25, -0.2) is 4.79 Å². The lowest BCUT2D eigenvalue weighted by Gasteiger charge is -2.34. The second kappa shape index (κ2) is 9.76. The van der Waals surface area contributed by atoms with Crippen molar-refractivity contribution in [3.05, 3.63) is 59.2 Å². The number of nitrogens with one attached hydrogen (secondary N) is 2. The summed E-state index contributed by atoms with van der Waals surface area (Å²) in [6.07, 6.45) is -0.157. The van der Waals surface area contributed by atoms with Gasteiger partial charge in [-0.15, -0.1) is 0 Å². The van der Waals surface area contributed by atoms with E-state index in [-0.39, 0.29) is 18.0 Å². The number of aryl methyl sites for hydroxylation is 1. The summed E-state index contributed by atoms with van der Waals surface area (Å²) in [6.45, 7) is 12.1. The Kier molecular flexibility index (Phi) is 7.11. The molecule has 0 radical (unpaired) electrons. The smallest absolute Gasteiger partial charge is 0.338 e. The van der Waals surface area contributed by atoms with Gasteiger partial charge < -0.3 is 19.9 Å². The minimum Gasteiger partial charge on any atom is -0.459 e. The van der Waals surface area contributed by atoms with Crippen molar-refractivity contribution in [3.63, 3.8) is 0 Å². The molecule has 1 aliphatic heterocycles. The maximum Gasteiger partial charge on any atom is 0.338 e. The summed E-state index contributed by atoms with van der Waals surface area (Å²) in [6, 6.07) is 13.3. The van der Waals surface area contributed by atoms with Crippen LogP contribution in [-0.2, 0) is 9.53 Å². The van der Waals surface area contributed by atoms with Gasteiger partial charge in [-0.2, -0.15) is 0 Å². The summed E-state index contributed by atoms with van der Waals surface area (Å²) in [5, 5.41) is 2.93.